The van der Waals surface area contributed by atoms with Gasteiger partial charge in [0.1, 0.15) is 0 Å². The van der Waals surface area contributed by atoms with Gasteiger partial charge in [0.15, 0.2) is 0 Å². The van der Waals surface area contributed by atoms with Crippen molar-refractivity contribution in [1.29, 1.82) is 0 Å². The number of rotatable bonds is 0. The zero-order valence-corrected chi connectivity index (χ0v) is 12.7. The van der Waals surface area contributed by atoms with Crippen molar-refractivity contribution in [2.45, 2.75) is 0 Å². The molecule has 12 heavy (non-hydrogen) atoms. The second-order valence-electron chi connectivity index (χ2n) is 1.10. The van der Waals surface area contributed by atoms with Crippen LogP contribution < -0.4 is 19.2 Å². The van der Waals surface area contributed by atoms with Crippen molar-refractivity contribution in [3.05, 3.63) is 0 Å². The van der Waals surface area contributed by atoms with Gasteiger partial charge >= 0.3 is 77.6 Å². The smallest absolute Gasteiger partial charge is 0.894 e. The Morgan fingerprint density at radius 1 is 0.750 bits per heavy atom. The Labute approximate surface area is 123 Å². The summed E-state index contributed by atoms with van der Waals surface area (Å²) in [5.41, 5.74) is 0. The third-order valence-electron chi connectivity index (χ3n) is 0. The summed E-state index contributed by atoms with van der Waals surface area (Å²) in [5.74, 6) is 0. The first-order valence-corrected chi connectivity index (χ1v) is 5.13. The predicted octanol–water partition coefficient (Wildman–Crippen LogP) is -8.51. The van der Waals surface area contributed by atoms with Crippen LogP contribution in [0.15, 0.2) is 0 Å². The molecular formula is H4MgO8Si2Sr. The van der Waals surface area contributed by atoms with Crippen LogP contribution >= 0.6 is 0 Å². The molecule has 0 unspecified atom stereocenters. The summed E-state index contributed by atoms with van der Waals surface area (Å²) in [4.78, 5) is 63.6. The average molecular weight is 300 g/mol. The Bertz CT molecular complexity index is 60.0. The van der Waals surface area contributed by atoms with Gasteiger partial charge in [-0.3, -0.25) is 0 Å². The van der Waals surface area contributed by atoms with Crippen LogP contribution in [0.5, 0.6) is 0 Å². The van der Waals surface area contributed by atoms with Gasteiger partial charge in [-0.1, -0.05) is 0 Å². The molecule has 64 valence electrons. The van der Waals surface area contributed by atoms with Crippen LogP contribution in [0.1, 0.15) is 0 Å². The maximum Gasteiger partial charge on any atom is 2.00 e. The molecule has 0 radical (unpaired) electrons. The van der Waals surface area contributed by atoms with E-state index >= 15 is 0 Å². The van der Waals surface area contributed by atoms with Crippen molar-refractivity contribution in [2.75, 3.05) is 0 Å². The topological polar surface area (TPSA) is 173 Å². The van der Waals surface area contributed by atoms with E-state index in [4.69, 9.17) is 38.4 Å². The fourth-order valence-corrected chi connectivity index (χ4v) is 0. The number of hydrogen-bond donors (Lipinski definition) is 4. The van der Waals surface area contributed by atoms with E-state index in [9.17, 15) is 0 Å². The molecule has 0 saturated carbocycles. The fourth-order valence-electron chi connectivity index (χ4n) is 0. The molecule has 0 heterocycles. The Hall–Kier alpha value is 2.36. The third-order valence-corrected chi connectivity index (χ3v) is 0. The van der Waals surface area contributed by atoms with E-state index in [0.29, 0.717) is 0 Å². The Morgan fingerprint density at radius 3 is 0.750 bits per heavy atom. The molecule has 4 N–H and O–H groups in total. The second kappa shape index (κ2) is 9.90. The molecule has 0 aromatic rings. The number of hydrogen-bond acceptors (Lipinski definition) is 8. The van der Waals surface area contributed by atoms with E-state index in [1.54, 1.807) is 0 Å². The molecule has 0 spiro atoms. The van der Waals surface area contributed by atoms with E-state index in [0.717, 1.165) is 0 Å². The van der Waals surface area contributed by atoms with Gasteiger partial charge < -0.3 is 47.4 Å². The SMILES string of the molecule is O[Si](O)(O)O.[Mg+2].[O-][Si]([O-])([O-])[O-].[Sr+2]. The van der Waals surface area contributed by atoms with E-state index in [-0.39, 0.29) is 68.5 Å². The van der Waals surface area contributed by atoms with Gasteiger partial charge in [-0.15, -0.1) is 0 Å². The molecule has 0 aromatic heterocycles. The average Bonchev–Trinajstić information content (AvgIpc) is 1.12. The van der Waals surface area contributed by atoms with Crippen molar-refractivity contribution < 1.29 is 38.4 Å². The molecule has 0 saturated heterocycles. The molecular weight excluding hydrogens is 296 g/mol. The monoisotopic (exact) mass is 300 g/mol. The van der Waals surface area contributed by atoms with Gasteiger partial charge in [0.2, 0.25) is 0 Å². The maximum absolute atomic E-state index is 8.58. The van der Waals surface area contributed by atoms with Crippen LogP contribution in [-0.4, -0.2) is 106 Å². The van der Waals surface area contributed by atoms with E-state index in [2.05, 4.69) is 0 Å². The van der Waals surface area contributed by atoms with Crippen LogP contribution in [0.4, 0.5) is 0 Å². The first-order valence-electron chi connectivity index (χ1n) is 1.71. The van der Waals surface area contributed by atoms with Crippen molar-refractivity contribution in [1.82, 2.24) is 0 Å². The van der Waals surface area contributed by atoms with E-state index in [1.165, 1.54) is 0 Å². The fraction of sp³-hybridized carbons (Fsp3) is 0. The molecule has 0 rings (SSSR count). The summed E-state index contributed by atoms with van der Waals surface area (Å²) >= 11 is 0. The molecule has 0 amide bonds. The standard InChI is InChI=1S/Mg.H4O4Si.O4Si.Sr/c;2*1-5(2,3)4;/h;1-4H;;/q+2;;-4;+2. The van der Waals surface area contributed by atoms with Crippen LogP contribution in [0.25, 0.3) is 0 Å². The molecule has 12 heteroatoms. The molecule has 8 nitrogen and oxygen atoms in total. The molecule has 0 aromatic carbocycles. The van der Waals surface area contributed by atoms with Gasteiger partial charge in [0, 0.05) is 0 Å². The van der Waals surface area contributed by atoms with Gasteiger partial charge in [-0.05, 0) is 0 Å². The van der Waals surface area contributed by atoms with Gasteiger partial charge in [0.25, 0.3) is 0 Å². The molecule has 0 fully saturated rings. The summed E-state index contributed by atoms with van der Waals surface area (Å²) in [6, 6.07) is 0. The van der Waals surface area contributed by atoms with Crippen molar-refractivity contribution in [3.8, 4) is 0 Å². The molecule has 0 atom stereocenters. The normalized spacial score (nSPS) is 10.0. The van der Waals surface area contributed by atoms with Crippen LogP contribution in [0.2, 0.25) is 0 Å². The van der Waals surface area contributed by atoms with Crippen LogP contribution in [-0.2, 0) is 0 Å². The van der Waals surface area contributed by atoms with Crippen molar-refractivity contribution >= 4 is 86.6 Å². The minimum atomic E-state index is -5.61. The summed E-state index contributed by atoms with van der Waals surface area (Å²) in [6.45, 7) is 0. The zero-order valence-electron chi connectivity index (χ0n) is 5.84. The van der Waals surface area contributed by atoms with Crippen LogP contribution in [0.3, 0.4) is 0 Å². The van der Waals surface area contributed by atoms with Crippen LogP contribution in [0, 0.1) is 0 Å². The maximum atomic E-state index is 8.58. The van der Waals surface area contributed by atoms with Gasteiger partial charge in [-0.2, -0.15) is 0 Å². The molecule has 0 bridgehead atoms. The van der Waals surface area contributed by atoms with E-state index < -0.39 is 18.1 Å². The van der Waals surface area contributed by atoms with Crippen molar-refractivity contribution in [2.24, 2.45) is 0 Å². The Balaban J connectivity index is -0.0000000457. The first-order chi connectivity index (χ1) is 4.00. The second-order valence-corrected chi connectivity index (χ2v) is 3.30. The van der Waals surface area contributed by atoms with Gasteiger partial charge in [-0.25, -0.2) is 0 Å². The first kappa shape index (κ1) is 23.9. The summed E-state index contributed by atoms with van der Waals surface area (Å²) in [6.07, 6.45) is 0. The Kier molecular flexibility index (Phi) is 19.7. The summed E-state index contributed by atoms with van der Waals surface area (Å²) < 4.78 is 0. The quantitative estimate of drug-likeness (QED) is 0.319. The summed E-state index contributed by atoms with van der Waals surface area (Å²) in [7, 11) is -10.2. The van der Waals surface area contributed by atoms with Crippen molar-refractivity contribution in [3.63, 3.8) is 0 Å². The van der Waals surface area contributed by atoms with Gasteiger partial charge in [0.05, 0.1) is 0 Å². The third kappa shape index (κ3) is 286. The van der Waals surface area contributed by atoms with E-state index in [1.807, 2.05) is 0 Å². The molecule has 0 aliphatic rings. The predicted molar refractivity (Wildman–Crippen MR) is 31.9 cm³/mol. The molecule has 0 aliphatic carbocycles. The molecule has 0 aliphatic heterocycles. The minimum absolute atomic E-state index is 0. The Morgan fingerprint density at radius 2 is 0.750 bits per heavy atom. The summed E-state index contributed by atoms with van der Waals surface area (Å²) in [5, 5.41) is 0. The largest absolute Gasteiger partial charge is 2.00 e. The zero-order chi connectivity index (χ0) is 9.00. The minimum Gasteiger partial charge on any atom is -0.894 e.